The van der Waals surface area contributed by atoms with E-state index < -0.39 is 5.97 Å². The van der Waals surface area contributed by atoms with Gasteiger partial charge in [0.1, 0.15) is 23.7 Å². The molecule has 0 saturated heterocycles. The Morgan fingerprint density at radius 3 is 2.79 bits per heavy atom. The summed E-state index contributed by atoms with van der Waals surface area (Å²) >= 11 is 0. The molecule has 2 rings (SSSR count). The SMILES string of the molecule is C=C(C)CCc1c(O)c2c(c(C)c1OC)COC2=O. The number of hydrogen-bond acceptors (Lipinski definition) is 4. The Kier molecular flexibility index (Phi) is 3.51. The summed E-state index contributed by atoms with van der Waals surface area (Å²) in [4.78, 5) is 11.7. The number of cyclic esters (lactones) is 1. The minimum Gasteiger partial charge on any atom is -0.507 e. The minimum atomic E-state index is -0.463. The fourth-order valence-corrected chi connectivity index (χ4v) is 2.41. The van der Waals surface area contributed by atoms with Crippen molar-refractivity contribution in [2.45, 2.75) is 33.3 Å². The van der Waals surface area contributed by atoms with E-state index in [9.17, 15) is 9.90 Å². The molecule has 0 amide bonds. The fraction of sp³-hybridized carbons (Fsp3) is 0.400. The van der Waals surface area contributed by atoms with Crippen molar-refractivity contribution in [1.82, 2.24) is 0 Å². The first-order chi connectivity index (χ1) is 8.97. The summed E-state index contributed by atoms with van der Waals surface area (Å²) in [6.07, 6.45) is 1.32. The topological polar surface area (TPSA) is 55.8 Å². The number of fused-ring (bicyclic) bond motifs is 1. The molecule has 1 aliphatic rings. The number of aromatic hydroxyl groups is 1. The Morgan fingerprint density at radius 2 is 2.21 bits per heavy atom. The normalized spacial score (nSPS) is 13.1. The Balaban J connectivity index is 2.58. The van der Waals surface area contributed by atoms with E-state index in [1.807, 2.05) is 13.8 Å². The van der Waals surface area contributed by atoms with Gasteiger partial charge in [0.2, 0.25) is 0 Å². The fourth-order valence-electron chi connectivity index (χ4n) is 2.41. The van der Waals surface area contributed by atoms with E-state index in [1.54, 1.807) is 7.11 Å². The maximum atomic E-state index is 11.7. The molecule has 0 fully saturated rings. The number of methoxy groups -OCH3 is 1. The molecule has 1 aromatic carbocycles. The van der Waals surface area contributed by atoms with Gasteiger partial charge in [0.25, 0.3) is 0 Å². The van der Waals surface area contributed by atoms with Gasteiger partial charge in [0.15, 0.2) is 0 Å². The van der Waals surface area contributed by atoms with Gasteiger partial charge in [-0.05, 0) is 32.3 Å². The van der Waals surface area contributed by atoms with Crippen LogP contribution in [0.15, 0.2) is 12.2 Å². The van der Waals surface area contributed by atoms with Crippen molar-refractivity contribution in [3.8, 4) is 11.5 Å². The van der Waals surface area contributed by atoms with Gasteiger partial charge in [-0.25, -0.2) is 4.79 Å². The number of phenols is 1. The van der Waals surface area contributed by atoms with E-state index in [1.165, 1.54) is 0 Å². The molecular formula is C15H18O4. The number of allylic oxidation sites excluding steroid dienone is 1. The van der Waals surface area contributed by atoms with E-state index in [4.69, 9.17) is 9.47 Å². The van der Waals surface area contributed by atoms with Gasteiger partial charge in [-0.2, -0.15) is 0 Å². The van der Waals surface area contributed by atoms with Crippen LogP contribution in [0.2, 0.25) is 0 Å². The minimum absolute atomic E-state index is 0.0128. The van der Waals surface area contributed by atoms with Crippen LogP contribution in [0, 0.1) is 6.92 Å². The molecule has 0 aliphatic carbocycles. The summed E-state index contributed by atoms with van der Waals surface area (Å²) < 4.78 is 10.4. The van der Waals surface area contributed by atoms with Crippen LogP contribution in [-0.4, -0.2) is 18.2 Å². The van der Waals surface area contributed by atoms with Crippen molar-refractivity contribution in [3.63, 3.8) is 0 Å². The van der Waals surface area contributed by atoms with Crippen LogP contribution in [0.3, 0.4) is 0 Å². The van der Waals surface area contributed by atoms with Crippen molar-refractivity contribution in [3.05, 3.63) is 34.4 Å². The van der Waals surface area contributed by atoms with Crippen LogP contribution in [0.1, 0.15) is 40.4 Å². The molecule has 0 spiro atoms. The van der Waals surface area contributed by atoms with Crippen LogP contribution in [0.4, 0.5) is 0 Å². The van der Waals surface area contributed by atoms with Gasteiger partial charge in [-0.1, -0.05) is 5.57 Å². The lowest BCUT2D eigenvalue weighted by Gasteiger charge is -2.16. The molecule has 1 aliphatic heterocycles. The largest absolute Gasteiger partial charge is 0.507 e. The predicted octanol–water partition coefficient (Wildman–Crippen LogP) is 2.89. The summed E-state index contributed by atoms with van der Waals surface area (Å²) in [6.45, 7) is 7.86. The molecule has 0 aromatic heterocycles. The van der Waals surface area contributed by atoms with E-state index in [2.05, 4.69) is 6.58 Å². The smallest absolute Gasteiger partial charge is 0.342 e. The maximum absolute atomic E-state index is 11.7. The molecule has 102 valence electrons. The van der Waals surface area contributed by atoms with Crippen LogP contribution >= 0.6 is 0 Å². The molecule has 0 bridgehead atoms. The lowest BCUT2D eigenvalue weighted by Crippen LogP contribution is -2.03. The third-order valence-electron chi connectivity index (χ3n) is 3.45. The number of ether oxygens (including phenoxy) is 2. The van der Waals surface area contributed by atoms with Crippen LogP contribution in [0.5, 0.6) is 11.5 Å². The second-order valence-electron chi connectivity index (χ2n) is 4.87. The summed E-state index contributed by atoms with van der Waals surface area (Å²) in [5.41, 5.74) is 3.54. The standard InChI is InChI=1S/C15H18O4/c1-8(2)5-6-10-13(16)12-11(7-19-15(12)17)9(3)14(10)18-4/h16H,1,5-7H2,2-4H3. The third kappa shape index (κ3) is 2.18. The van der Waals surface area contributed by atoms with Gasteiger partial charge in [0, 0.05) is 11.1 Å². The number of carbonyl (C=O) groups is 1. The zero-order valence-electron chi connectivity index (χ0n) is 11.5. The summed E-state index contributed by atoms with van der Waals surface area (Å²) in [6, 6.07) is 0. The van der Waals surface area contributed by atoms with Crippen molar-refractivity contribution >= 4 is 5.97 Å². The quantitative estimate of drug-likeness (QED) is 0.669. The molecule has 0 atom stereocenters. The van der Waals surface area contributed by atoms with Gasteiger partial charge < -0.3 is 14.6 Å². The molecule has 0 radical (unpaired) electrons. The van der Waals surface area contributed by atoms with Gasteiger partial charge in [0.05, 0.1) is 7.11 Å². The van der Waals surface area contributed by atoms with Crippen LogP contribution < -0.4 is 4.74 Å². The summed E-state index contributed by atoms with van der Waals surface area (Å²) in [7, 11) is 1.57. The number of phenolic OH excluding ortho intramolecular Hbond substituents is 1. The second-order valence-corrected chi connectivity index (χ2v) is 4.87. The summed E-state index contributed by atoms with van der Waals surface area (Å²) in [5, 5.41) is 10.3. The van der Waals surface area contributed by atoms with Gasteiger partial charge in [-0.3, -0.25) is 0 Å². The second kappa shape index (κ2) is 4.96. The lowest BCUT2D eigenvalue weighted by atomic mass is 9.94. The van der Waals surface area contributed by atoms with Crippen molar-refractivity contribution in [1.29, 1.82) is 0 Å². The molecule has 19 heavy (non-hydrogen) atoms. The predicted molar refractivity (Wildman–Crippen MR) is 71.7 cm³/mol. The molecule has 4 nitrogen and oxygen atoms in total. The molecule has 4 heteroatoms. The highest BCUT2D eigenvalue weighted by Crippen LogP contribution is 2.42. The van der Waals surface area contributed by atoms with Gasteiger partial charge in [-0.15, -0.1) is 6.58 Å². The van der Waals surface area contributed by atoms with E-state index in [-0.39, 0.29) is 17.9 Å². The zero-order valence-corrected chi connectivity index (χ0v) is 11.5. The molecule has 0 saturated carbocycles. The van der Waals surface area contributed by atoms with Gasteiger partial charge >= 0.3 is 5.97 Å². The Morgan fingerprint density at radius 1 is 1.53 bits per heavy atom. The first-order valence-corrected chi connectivity index (χ1v) is 6.20. The Bertz CT molecular complexity index is 558. The van der Waals surface area contributed by atoms with E-state index in [0.717, 1.165) is 23.1 Å². The Hall–Kier alpha value is -1.97. The summed E-state index contributed by atoms with van der Waals surface area (Å²) in [5.74, 6) is 0.159. The van der Waals surface area contributed by atoms with Crippen molar-refractivity contribution in [2.75, 3.05) is 7.11 Å². The highest BCUT2D eigenvalue weighted by atomic mass is 16.5. The molecule has 0 unspecified atom stereocenters. The van der Waals surface area contributed by atoms with E-state index >= 15 is 0 Å². The van der Waals surface area contributed by atoms with Crippen molar-refractivity contribution in [2.24, 2.45) is 0 Å². The number of esters is 1. The molecule has 1 N–H and O–H groups in total. The first kappa shape index (κ1) is 13.5. The Labute approximate surface area is 112 Å². The number of rotatable bonds is 4. The average molecular weight is 262 g/mol. The van der Waals surface area contributed by atoms with Crippen molar-refractivity contribution < 1.29 is 19.4 Å². The number of benzene rings is 1. The molecule has 1 heterocycles. The maximum Gasteiger partial charge on any atom is 0.342 e. The van der Waals surface area contributed by atoms with Crippen LogP contribution in [0.25, 0.3) is 0 Å². The first-order valence-electron chi connectivity index (χ1n) is 6.20. The monoisotopic (exact) mass is 262 g/mol. The van der Waals surface area contributed by atoms with Crippen LogP contribution in [-0.2, 0) is 17.8 Å². The number of hydrogen-bond donors (Lipinski definition) is 1. The molecular weight excluding hydrogens is 244 g/mol. The highest BCUT2D eigenvalue weighted by molar-refractivity contribution is 5.98. The highest BCUT2D eigenvalue weighted by Gasteiger charge is 2.31. The third-order valence-corrected chi connectivity index (χ3v) is 3.45. The zero-order chi connectivity index (χ0) is 14.2. The molecule has 1 aromatic rings. The average Bonchev–Trinajstić information content (AvgIpc) is 2.74. The van der Waals surface area contributed by atoms with E-state index in [0.29, 0.717) is 17.7 Å². The lowest BCUT2D eigenvalue weighted by molar-refractivity contribution is 0.0533. The number of carbonyl (C=O) groups excluding carboxylic acids is 1.